The van der Waals surface area contributed by atoms with E-state index >= 15 is 0 Å². The number of carbonyl (C=O) groups is 1. The summed E-state index contributed by atoms with van der Waals surface area (Å²) in [6.45, 7) is 6.87. The van der Waals surface area contributed by atoms with Crippen molar-refractivity contribution in [3.05, 3.63) is 23.0 Å². The van der Waals surface area contributed by atoms with Gasteiger partial charge in [-0.2, -0.15) is 0 Å². The molecule has 1 amide bonds. The predicted molar refractivity (Wildman–Crippen MR) is 72.9 cm³/mol. The number of aliphatic hydroxyl groups is 1. The Bertz CT molecular complexity index is 402. The van der Waals surface area contributed by atoms with Crippen molar-refractivity contribution in [3.63, 3.8) is 0 Å². The molecule has 1 atom stereocenters. The number of aromatic nitrogens is 1. The zero-order valence-electron chi connectivity index (χ0n) is 11.1. The molecule has 0 aliphatic carbocycles. The van der Waals surface area contributed by atoms with Crippen molar-refractivity contribution >= 4 is 17.5 Å². The SMILES string of the molecule is CCCn1cc(Cl)cc1C(=O)NCC(O)C(C)C. The highest BCUT2D eigenvalue weighted by Gasteiger charge is 2.15. The van der Waals surface area contributed by atoms with E-state index in [4.69, 9.17) is 11.6 Å². The van der Waals surface area contributed by atoms with Gasteiger partial charge in [-0.1, -0.05) is 32.4 Å². The van der Waals surface area contributed by atoms with Crippen molar-refractivity contribution in [2.75, 3.05) is 6.54 Å². The van der Waals surface area contributed by atoms with Crippen molar-refractivity contribution in [2.45, 2.75) is 39.8 Å². The van der Waals surface area contributed by atoms with Gasteiger partial charge in [0.15, 0.2) is 0 Å². The van der Waals surface area contributed by atoms with Crippen molar-refractivity contribution in [1.29, 1.82) is 0 Å². The van der Waals surface area contributed by atoms with E-state index in [2.05, 4.69) is 5.32 Å². The Morgan fingerprint density at radius 3 is 2.78 bits per heavy atom. The molecule has 4 nitrogen and oxygen atoms in total. The van der Waals surface area contributed by atoms with Gasteiger partial charge in [-0.25, -0.2) is 0 Å². The van der Waals surface area contributed by atoms with Crippen LogP contribution in [0.3, 0.4) is 0 Å². The van der Waals surface area contributed by atoms with Crippen molar-refractivity contribution in [2.24, 2.45) is 5.92 Å². The van der Waals surface area contributed by atoms with E-state index in [0.717, 1.165) is 13.0 Å². The minimum Gasteiger partial charge on any atom is -0.391 e. The summed E-state index contributed by atoms with van der Waals surface area (Å²) in [5, 5.41) is 12.9. The van der Waals surface area contributed by atoms with E-state index < -0.39 is 6.10 Å². The van der Waals surface area contributed by atoms with Crippen LogP contribution in [0.25, 0.3) is 0 Å². The topological polar surface area (TPSA) is 54.3 Å². The molecule has 0 aromatic carbocycles. The maximum absolute atomic E-state index is 12.0. The number of aliphatic hydroxyl groups excluding tert-OH is 1. The van der Waals surface area contributed by atoms with Gasteiger partial charge in [-0.15, -0.1) is 0 Å². The Morgan fingerprint density at radius 2 is 2.22 bits per heavy atom. The highest BCUT2D eigenvalue weighted by atomic mass is 35.5. The lowest BCUT2D eigenvalue weighted by molar-refractivity contribution is 0.0863. The molecule has 1 unspecified atom stereocenters. The first-order valence-electron chi connectivity index (χ1n) is 6.27. The van der Waals surface area contributed by atoms with E-state index in [1.54, 1.807) is 12.3 Å². The number of hydrogen-bond donors (Lipinski definition) is 2. The minimum absolute atomic E-state index is 0.122. The first-order chi connectivity index (χ1) is 8.45. The molecule has 0 aliphatic heterocycles. The highest BCUT2D eigenvalue weighted by molar-refractivity contribution is 6.31. The van der Waals surface area contributed by atoms with Crippen molar-refractivity contribution in [1.82, 2.24) is 9.88 Å². The summed E-state index contributed by atoms with van der Waals surface area (Å²) in [5.41, 5.74) is 0.540. The summed E-state index contributed by atoms with van der Waals surface area (Å²) >= 11 is 5.91. The van der Waals surface area contributed by atoms with E-state index in [9.17, 15) is 9.90 Å². The second-order valence-corrected chi connectivity index (χ2v) is 5.19. The monoisotopic (exact) mass is 272 g/mol. The van der Waals surface area contributed by atoms with Crippen LogP contribution >= 0.6 is 11.6 Å². The largest absolute Gasteiger partial charge is 0.391 e. The van der Waals surface area contributed by atoms with Crippen molar-refractivity contribution < 1.29 is 9.90 Å². The van der Waals surface area contributed by atoms with E-state index in [0.29, 0.717) is 10.7 Å². The molecule has 1 heterocycles. The lowest BCUT2D eigenvalue weighted by atomic mass is 10.1. The number of aryl methyl sites for hydroxylation is 1. The zero-order chi connectivity index (χ0) is 13.7. The third kappa shape index (κ3) is 4.03. The quantitative estimate of drug-likeness (QED) is 0.835. The highest BCUT2D eigenvalue weighted by Crippen LogP contribution is 2.14. The Balaban J connectivity index is 2.66. The van der Waals surface area contributed by atoms with E-state index in [1.807, 2.05) is 25.3 Å². The summed E-state index contributed by atoms with van der Waals surface area (Å²) in [6.07, 6.45) is 2.15. The second-order valence-electron chi connectivity index (χ2n) is 4.76. The van der Waals surface area contributed by atoms with Crippen LogP contribution in [-0.2, 0) is 6.54 Å². The molecule has 18 heavy (non-hydrogen) atoms. The number of hydrogen-bond acceptors (Lipinski definition) is 2. The summed E-state index contributed by atoms with van der Waals surface area (Å²) in [4.78, 5) is 12.0. The summed E-state index contributed by atoms with van der Waals surface area (Å²) in [5.74, 6) is -0.0774. The van der Waals surface area contributed by atoms with Gasteiger partial charge in [-0.05, 0) is 18.4 Å². The number of nitrogens with zero attached hydrogens (tertiary/aromatic N) is 1. The molecule has 0 fully saturated rings. The minimum atomic E-state index is -0.529. The Morgan fingerprint density at radius 1 is 1.56 bits per heavy atom. The van der Waals surface area contributed by atoms with Gasteiger partial charge >= 0.3 is 0 Å². The maximum Gasteiger partial charge on any atom is 0.268 e. The van der Waals surface area contributed by atoms with Crippen LogP contribution < -0.4 is 5.32 Å². The Hall–Kier alpha value is -1.00. The summed E-state index contributed by atoms with van der Waals surface area (Å²) in [7, 11) is 0. The number of halogens is 1. The van der Waals surface area contributed by atoms with Crippen LogP contribution in [-0.4, -0.2) is 28.2 Å². The first-order valence-corrected chi connectivity index (χ1v) is 6.65. The number of rotatable bonds is 6. The van der Waals surface area contributed by atoms with Crippen LogP contribution in [0.1, 0.15) is 37.7 Å². The lowest BCUT2D eigenvalue weighted by Gasteiger charge is -2.15. The molecule has 0 aliphatic rings. The molecule has 0 saturated heterocycles. The van der Waals surface area contributed by atoms with Gasteiger partial charge in [0.05, 0.1) is 11.1 Å². The molecule has 5 heteroatoms. The first kappa shape index (κ1) is 15.1. The van der Waals surface area contributed by atoms with Crippen LogP contribution in [0.4, 0.5) is 0 Å². The number of nitrogens with one attached hydrogen (secondary N) is 1. The van der Waals surface area contributed by atoms with E-state index in [-0.39, 0.29) is 18.4 Å². The van der Waals surface area contributed by atoms with Crippen LogP contribution in [0.15, 0.2) is 12.3 Å². The van der Waals surface area contributed by atoms with Crippen molar-refractivity contribution in [3.8, 4) is 0 Å². The maximum atomic E-state index is 12.0. The smallest absolute Gasteiger partial charge is 0.268 e. The average Bonchev–Trinajstić information content (AvgIpc) is 2.67. The third-order valence-corrected chi connectivity index (χ3v) is 3.01. The molecule has 0 bridgehead atoms. The Labute approximate surface area is 113 Å². The molecule has 1 rings (SSSR count). The summed E-state index contributed by atoms with van der Waals surface area (Å²) in [6, 6.07) is 1.65. The molecule has 1 aromatic rings. The van der Waals surface area contributed by atoms with Gasteiger partial charge < -0.3 is 15.0 Å². The number of amides is 1. The molecule has 0 radical (unpaired) electrons. The lowest BCUT2D eigenvalue weighted by Crippen LogP contribution is -2.35. The second kappa shape index (κ2) is 6.81. The Kier molecular flexibility index (Phi) is 5.69. The van der Waals surface area contributed by atoms with Crippen LogP contribution in [0.2, 0.25) is 5.02 Å². The predicted octanol–water partition coefficient (Wildman–Crippen LogP) is 2.30. The van der Waals surface area contributed by atoms with Gasteiger partial charge in [-0.3, -0.25) is 4.79 Å². The standard InChI is InChI=1S/C13H21ClN2O2/c1-4-5-16-8-10(14)6-11(16)13(18)15-7-12(17)9(2)3/h6,8-9,12,17H,4-5,7H2,1-3H3,(H,15,18). The normalized spacial score (nSPS) is 12.8. The van der Waals surface area contributed by atoms with Gasteiger partial charge in [0.1, 0.15) is 5.69 Å². The van der Waals surface area contributed by atoms with Crippen LogP contribution in [0, 0.1) is 5.92 Å². The molecule has 1 aromatic heterocycles. The fourth-order valence-electron chi connectivity index (χ4n) is 1.61. The molecular formula is C13H21ClN2O2. The van der Waals surface area contributed by atoms with Gasteiger partial charge in [0.2, 0.25) is 0 Å². The number of carbonyl (C=O) groups excluding carboxylic acids is 1. The van der Waals surface area contributed by atoms with Gasteiger partial charge in [0, 0.05) is 19.3 Å². The fourth-order valence-corrected chi connectivity index (χ4v) is 1.84. The van der Waals surface area contributed by atoms with Crippen LogP contribution in [0.5, 0.6) is 0 Å². The zero-order valence-corrected chi connectivity index (χ0v) is 11.9. The molecule has 0 saturated carbocycles. The molecular weight excluding hydrogens is 252 g/mol. The average molecular weight is 273 g/mol. The molecule has 0 spiro atoms. The van der Waals surface area contributed by atoms with E-state index in [1.165, 1.54) is 0 Å². The fraction of sp³-hybridized carbons (Fsp3) is 0.615. The molecule has 2 N–H and O–H groups in total. The summed E-state index contributed by atoms with van der Waals surface area (Å²) < 4.78 is 1.83. The van der Waals surface area contributed by atoms with Gasteiger partial charge in [0.25, 0.3) is 5.91 Å². The molecule has 102 valence electrons. The third-order valence-electron chi connectivity index (χ3n) is 2.80.